The SMILES string of the molecule is CCOc1cc(/C=N/NC(=O)c2cc(OC)cc(OC)c2)ccc1O. The van der Waals surface area contributed by atoms with Crippen molar-refractivity contribution in [1.29, 1.82) is 0 Å². The van der Waals surface area contributed by atoms with E-state index in [0.29, 0.717) is 35.0 Å². The number of rotatable bonds is 7. The van der Waals surface area contributed by atoms with Crippen LogP contribution in [0.15, 0.2) is 41.5 Å². The minimum atomic E-state index is -0.405. The maximum Gasteiger partial charge on any atom is 0.271 e. The molecule has 0 aliphatic rings. The summed E-state index contributed by atoms with van der Waals surface area (Å²) >= 11 is 0. The van der Waals surface area contributed by atoms with E-state index in [1.807, 2.05) is 6.92 Å². The first-order valence-corrected chi connectivity index (χ1v) is 7.59. The molecule has 25 heavy (non-hydrogen) atoms. The fraction of sp³-hybridized carbons (Fsp3) is 0.222. The highest BCUT2D eigenvalue weighted by atomic mass is 16.5. The Morgan fingerprint density at radius 2 is 1.84 bits per heavy atom. The van der Waals surface area contributed by atoms with Crippen LogP contribution in [0, 0.1) is 0 Å². The molecule has 0 heterocycles. The second-order valence-electron chi connectivity index (χ2n) is 4.96. The molecule has 2 aromatic rings. The number of hydrazone groups is 1. The van der Waals surface area contributed by atoms with Crippen molar-refractivity contribution in [2.75, 3.05) is 20.8 Å². The number of aromatic hydroxyl groups is 1. The lowest BCUT2D eigenvalue weighted by Crippen LogP contribution is -2.17. The van der Waals surface area contributed by atoms with Crippen molar-refractivity contribution >= 4 is 12.1 Å². The lowest BCUT2D eigenvalue weighted by molar-refractivity contribution is 0.0954. The summed E-state index contributed by atoms with van der Waals surface area (Å²) in [6.07, 6.45) is 1.46. The smallest absolute Gasteiger partial charge is 0.271 e. The second kappa shape index (κ2) is 8.58. The molecule has 0 bridgehead atoms. The van der Waals surface area contributed by atoms with Crippen molar-refractivity contribution in [2.24, 2.45) is 5.10 Å². The third-order valence-corrected chi connectivity index (χ3v) is 3.28. The molecule has 0 saturated heterocycles. The standard InChI is InChI=1S/C18H20N2O5/c1-4-25-17-7-12(5-6-16(17)21)11-19-20-18(22)13-8-14(23-2)10-15(9-13)24-3/h5-11,21H,4H2,1-3H3,(H,20,22)/b19-11+. The highest BCUT2D eigenvalue weighted by Gasteiger charge is 2.09. The summed E-state index contributed by atoms with van der Waals surface area (Å²) in [5, 5.41) is 13.6. The fourth-order valence-corrected chi connectivity index (χ4v) is 2.05. The van der Waals surface area contributed by atoms with Crippen LogP contribution in [-0.2, 0) is 0 Å². The molecule has 0 spiro atoms. The number of methoxy groups -OCH3 is 2. The number of carbonyl (C=O) groups is 1. The molecule has 2 rings (SSSR count). The van der Waals surface area contributed by atoms with E-state index in [-0.39, 0.29) is 5.75 Å². The van der Waals surface area contributed by atoms with Gasteiger partial charge >= 0.3 is 0 Å². The Morgan fingerprint density at radius 3 is 2.44 bits per heavy atom. The van der Waals surface area contributed by atoms with E-state index < -0.39 is 5.91 Å². The third-order valence-electron chi connectivity index (χ3n) is 3.28. The third kappa shape index (κ3) is 4.87. The van der Waals surface area contributed by atoms with Gasteiger partial charge in [0.1, 0.15) is 11.5 Å². The van der Waals surface area contributed by atoms with Gasteiger partial charge in [0.2, 0.25) is 0 Å². The quantitative estimate of drug-likeness (QED) is 0.595. The molecule has 7 heteroatoms. The van der Waals surface area contributed by atoms with E-state index in [4.69, 9.17) is 14.2 Å². The molecule has 132 valence electrons. The highest BCUT2D eigenvalue weighted by molar-refractivity contribution is 5.95. The van der Waals surface area contributed by atoms with Gasteiger partial charge in [-0.3, -0.25) is 4.79 Å². The van der Waals surface area contributed by atoms with E-state index in [1.165, 1.54) is 26.5 Å². The molecule has 0 saturated carbocycles. The molecular formula is C18H20N2O5. The summed E-state index contributed by atoms with van der Waals surface area (Å²) in [4.78, 5) is 12.2. The first kappa shape index (κ1) is 18.1. The van der Waals surface area contributed by atoms with Gasteiger partial charge in [-0.15, -0.1) is 0 Å². The maximum atomic E-state index is 12.2. The van der Waals surface area contributed by atoms with Crippen molar-refractivity contribution in [3.05, 3.63) is 47.5 Å². The number of phenols is 1. The number of amides is 1. The number of carbonyl (C=O) groups excluding carboxylic acids is 1. The molecule has 0 aliphatic heterocycles. The lowest BCUT2D eigenvalue weighted by atomic mass is 10.2. The first-order valence-electron chi connectivity index (χ1n) is 7.59. The van der Waals surface area contributed by atoms with Crippen LogP contribution in [0.1, 0.15) is 22.8 Å². The largest absolute Gasteiger partial charge is 0.504 e. The Bertz CT molecular complexity index is 752. The topological polar surface area (TPSA) is 89.4 Å². The first-order chi connectivity index (χ1) is 12.1. The number of hydrogen-bond donors (Lipinski definition) is 2. The van der Waals surface area contributed by atoms with E-state index >= 15 is 0 Å². The van der Waals surface area contributed by atoms with Crippen molar-refractivity contribution in [3.63, 3.8) is 0 Å². The molecule has 2 N–H and O–H groups in total. The Balaban J connectivity index is 2.09. The van der Waals surface area contributed by atoms with Gasteiger partial charge in [-0.25, -0.2) is 5.43 Å². The summed E-state index contributed by atoms with van der Waals surface area (Å²) in [5.41, 5.74) is 3.46. The number of nitrogens with zero attached hydrogens (tertiary/aromatic N) is 1. The molecule has 0 radical (unpaired) electrons. The second-order valence-corrected chi connectivity index (χ2v) is 4.96. The normalized spacial score (nSPS) is 10.5. The van der Waals surface area contributed by atoms with Gasteiger partial charge in [-0.05, 0) is 42.8 Å². The van der Waals surface area contributed by atoms with Crippen molar-refractivity contribution in [1.82, 2.24) is 5.43 Å². The Kier molecular flexibility index (Phi) is 6.22. The van der Waals surface area contributed by atoms with E-state index in [1.54, 1.807) is 30.3 Å². The van der Waals surface area contributed by atoms with Crippen LogP contribution < -0.4 is 19.6 Å². The number of nitrogens with one attached hydrogen (secondary N) is 1. The number of phenolic OH excluding ortho intramolecular Hbond substituents is 1. The predicted octanol–water partition coefficient (Wildman–Crippen LogP) is 2.57. The summed E-state index contributed by atoms with van der Waals surface area (Å²) in [7, 11) is 3.02. The van der Waals surface area contributed by atoms with Crippen LogP contribution in [0.4, 0.5) is 0 Å². The zero-order valence-corrected chi connectivity index (χ0v) is 14.3. The Morgan fingerprint density at radius 1 is 1.16 bits per heavy atom. The highest BCUT2D eigenvalue weighted by Crippen LogP contribution is 2.26. The van der Waals surface area contributed by atoms with Crippen LogP contribution in [0.5, 0.6) is 23.0 Å². The molecular weight excluding hydrogens is 324 g/mol. The van der Waals surface area contributed by atoms with E-state index in [2.05, 4.69) is 10.5 Å². The molecule has 0 unspecified atom stereocenters. The lowest BCUT2D eigenvalue weighted by Gasteiger charge is -2.07. The predicted molar refractivity (Wildman–Crippen MR) is 93.9 cm³/mol. The number of benzene rings is 2. The molecule has 0 aliphatic carbocycles. The van der Waals surface area contributed by atoms with Gasteiger partial charge in [0.05, 0.1) is 27.0 Å². The van der Waals surface area contributed by atoms with Gasteiger partial charge in [0, 0.05) is 11.6 Å². The summed E-state index contributed by atoms with van der Waals surface area (Å²) in [5.74, 6) is 1.01. The van der Waals surface area contributed by atoms with Gasteiger partial charge in [-0.1, -0.05) is 0 Å². The average Bonchev–Trinajstić information content (AvgIpc) is 2.63. The van der Waals surface area contributed by atoms with E-state index in [0.717, 1.165) is 0 Å². The minimum absolute atomic E-state index is 0.0477. The van der Waals surface area contributed by atoms with Crippen LogP contribution in [-0.4, -0.2) is 38.1 Å². The van der Waals surface area contributed by atoms with Crippen molar-refractivity contribution < 1.29 is 24.1 Å². The maximum absolute atomic E-state index is 12.2. The molecule has 0 fully saturated rings. The van der Waals surface area contributed by atoms with Gasteiger partial charge < -0.3 is 19.3 Å². The molecule has 2 aromatic carbocycles. The molecule has 1 amide bonds. The van der Waals surface area contributed by atoms with Crippen molar-refractivity contribution in [3.8, 4) is 23.0 Å². The Labute approximate surface area is 145 Å². The summed E-state index contributed by atoms with van der Waals surface area (Å²) in [6, 6.07) is 9.63. The summed E-state index contributed by atoms with van der Waals surface area (Å²) < 4.78 is 15.6. The zero-order valence-electron chi connectivity index (χ0n) is 14.3. The molecule has 7 nitrogen and oxygen atoms in total. The van der Waals surface area contributed by atoms with Crippen molar-refractivity contribution in [2.45, 2.75) is 6.92 Å². The van der Waals surface area contributed by atoms with Gasteiger partial charge in [0.15, 0.2) is 11.5 Å². The van der Waals surface area contributed by atoms with Crippen LogP contribution in [0.2, 0.25) is 0 Å². The van der Waals surface area contributed by atoms with Gasteiger partial charge in [-0.2, -0.15) is 5.10 Å². The average molecular weight is 344 g/mol. The zero-order chi connectivity index (χ0) is 18.2. The molecule has 0 atom stereocenters. The number of hydrogen-bond acceptors (Lipinski definition) is 6. The molecule has 0 aromatic heterocycles. The Hall–Kier alpha value is -3.22. The monoisotopic (exact) mass is 344 g/mol. The van der Waals surface area contributed by atoms with Crippen LogP contribution in [0.25, 0.3) is 0 Å². The van der Waals surface area contributed by atoms with E-state index in [9.17, 15) is 9.90 Å². The number of ether oxygens (including phenoxy) is 3. The van der Waals surface area contributed by atoms with Crippen LogP contribution in [0.3, 0.4) is 0 Å². The summed E-state index contributed by atoms with van der Waals surface area (Å²) in [6.45, 7) is 2.26. The van der Waals surface area contributed by atoms with Gasteiger partial charge in [0.25, 0.3) is 5.91 Å². The minimum Gasteiger partial charge on any atom is -0.504 e. The van der Waals surface area contributed by atoms with Crippen LogP contribution >= 0.6 is 0 Å². The fourth-order valence-electron chi connectivity index (χ4n) is 2.05.